The predicted molar refractivity (Wildman–Crippen MR) is 126 cm³/mol. The van der Waals surface area contributed by atoms with Crippen LogP contribution in [0.5, 0.6) is 0 Å². The van der Waals surface area contributed by atoms with Crippen molar-refractivity contribution in [2.24, 2.45) is 5.92 Å². The highest BCUT2D eigenvalue weighted by molar-refractivity contribution is 5.91. The molecule has 2 aliphatic heterocycles. The molecular weight excluding hydrogens is 434 g/mol. The molecule has 4 unspecified atom stereocenters. The van der Waals surface area contributed by atoms with Crippen LogP contribution in [0.4, 0.5) is 5.82 Å². The summed E-state index contributed by atoms with van der Waals surface area (Å²) in [6.45, 7) is 0.798. The molecule has 2 aromatic rings. The SMILES string of the molecule is O=C(CCCCCOC1CCC2C(=O)N3CC(=O)NC3NC2C1)Nc1ccc2ccccc2n1. The van der Waals surface area contributed by atoms with Crippen LogP contribution in [0.15, 0.2) is 36.4 Å². The van der Waals surface area contributed by atoms with Gasteiger partial charge in [-0.15, -0.1) is 0 Å². The average molecular weight is 466 g/mol. The number of hydrogen-bond donors (Lipinski definition) is 3. The molecule has 3 fully saturated rings. The molecular formula is C25H31N5O4. The van der Waals surface area contributed by atoms with E-state index in [1.54, 1.807) is 4.90 Å². The van der Waals surface area contributed by atoms with Crippen LogP contribution in [0, 0.1) is 5.92 Å². The molecule has 34 heavy (non-hydrogen) atoms. The van der Waals surface area contributed by atoms with Crippen LogP contribution < -0.4 is 16.0 Å². The summed E-state index contributed by atoms with van der Waals surface area (Å²) in [5, 5.41) is 10.1. The van der Waals surface area contributed by atoms with E-state index in [-0.39, 0.29) is 48.6 Å². The fraction of sp³-hybridized carbons (Fsp3) is 0.520. The van der Waals surface area contributed by atoms with Crippen molar-refractivity contribution in [1.82, 2.24) is 20.5 Å². The number of ether oxygens (including phenoxy) is 1. The van der Waals surface area contributed by atoms with Crippen molar-refractivity contribution >= 4 is 34.4 Å². The van der Waals surface area contributed by atoms with E-state index in [9.17, 15) is 14.4 Å². The smallest absolute Gasteiger partial charge is 0.242 e. The van der Waals surface area contributed by atoms with Gasteiger partial charge in [0.1, 0.15) is 12.4 Å². The Hall–Kier alpha value is -3.04. The van der Waals surface area contributed by atoms with Crippen LogP contribution in [-0.4, -0.2) is 59.2 Å². The summed E-state index contributed by atoms with van der Waals surface area (Å²) in [5.41, 5.74) is 0.865. The number of carbonyl (C=O) groups excluding carboxylic acids is 3. The quantitative estimate of drug-likeness (QED) is 0.515. The number of carbonyl (C=O) groups is 3. The Labute approximate surface area is 198 Å². The van der Waals surface area contributed by atoms with Gasteiger partial charge >= 0.3 is 0 Å². The van der Waals surface area contributed by atoms with E-state index in [0.717, 1.165) is 49.4 Å². The Morgan fingerprint density at radius 1 is 1.12 bits per heavy atom. The van der Waals surface area contributed by atoms with Gasteiger partial charge in [0, 0.05) is 24.5 Å². The Balaban J connectivity index is 0.979. The average Bonchev–Trinajstić information content (AvgIpc) is 3.21. The second-order valence-corrected chi connectivity index (χ2v) is 9.37. The number of unbranched alkanes of at least 4 members (excludes halogenated alkanes) is 2. The molecule has 1 saturated carbocycles. The lowest BCUT2D eigenvalue weighted by atomic mass is 9.80. The Bertz CT molecular complexity index is 1080. The molecule has 4 atom stereocenters. The normalized spacial score (nSPS) is 26.2. The molecule has 0 spiro atoms. The van der Waals surface area contributed by atoms with Crippen molar-refractivity contribution in [3.05, 3.63) is 36.4 Å². The molecule has 9 heteroatoms. The lowest BCUT2D eigenvalue weighted by Crippen LogP contribution is -2.65. The Kier molecular flexibility index (Phi) is 6.73. The Morgan fingerprint density at radius 2 is 2.00 bits per heavy atom. The Morgan fingerprint density at radius 3 is 2.91 bits per heavy atom. The molecule has 5 rings (SSSR count). The molecule has 0 radical (unpaired) electrons. The zero-order valence-electron chi connectivity index (χ0n) is 19.2. The summed E-state index contributed by atoms with van der Waals surface area (Å²) < 4.78 is 6.08. The van der Waals surface area contributed by atoms with Crippen molar-refractivity contribution in [3.63, 3.8) is 0 Å². The van der Waals surface area contributed by atoms with Crippen LogP contribution in [0.2, 0.25) is 0 Å². The molecule has 9 nitrogen and oxygen atoms in total. The number of para-hydroxylation sites is 1. The summed E-state index contributed by atoms with van der Waals surface area (Å²) in [6.07, 6.45) is 5.21. The number of amides is 3. The molecule has 180 valence electrons. The second kappa shape index (κ2) is 10.1. The number of pyridine rings is 1. The third-order valence-corrected chi connectivity index (χ3v) is 6.97. The second-order valence-electron chi connectivity index (χ2n) is 9.37. The van der Waals surface area contributed by atoms with Gasteiger partial charge in [0.05, 0.1) is 17.5 Å². The number of rotatable bonds is 8. The van der Waals surface area contributed by atoms with Gasteiger partial charge in [-0.3, -0.25) is 24.6 Å². The first-order valence-electron chi connectivity index (χ1n) is 12.2. The zero-order chi connectivity index (χ0) is 23.5. The van der Waals surface area contributed by atoms with Crippen molar-refractivity contribution in [3.8, 4) is 0 Å². The molecule has 1 aromatic heterocycles. The van der Waals surface area contributed by atoms with Crippen molar-refractivity contribution in [2.75, 3.05) is 18.5 Å². The molecule has 1 aliphatic carbocycles. The number of fused-ring (bicyclic) bond motifs is 3. The standard InChI is InChI=1S/C25H31N5O4/c31-22(28-21-12-9-16-6-3-4-7-19(16)26-21)8-2-1-5-13-34-17-10-11-18-20(14-17)27-25-29-23(32)15-30(25)24(18)33/h3-4,6-7,9,12,17-18,20,25,27H,1-2,5,8,10-11,13-15H2,(H,29,32)(H,26,28,31). The largest absolute Gasteiger partial charge is 0.378 e. The van der Waals surface area contributed by atoms with Gasteiger partial charge in [0.15, 0.2) is 6.29 Å². The molecule has 2 saturated heterocycles. The van der Waals surface area contributed by atoms with E-state index in [1.165, 1.54) is 0 Å². The summed E-state index contributed by atoms with van der Waals surface area (Å²) in [5.74, 6) is 0.447. The molecule has 3 heterocycles. The van der Waals surface area contributed by atoms with E-state index in [0.29, 0.717) is 18.8 Å². The van der Waals surface area contributed by atoms with Gasteiger partial charge < -0.3 is 15.4 Å². The van der Waals surface area contributed by atoms with Crippen LogP contribution in [0.25, 0.3) is 10.9 Å². The van der Waals surface area contributed by atoms with Gasteiger partial charge in [-0.2, -0.15) is 0 Å². The summed E-state index contributed by atoms with van der Waals surface area (Å²) >= 11 is 0. The number of hydrogen-bond acceptors (Lipinski definition) is 6. The minimum Gasteiger partial charge on any atom is -0.378 e. The van der Waals surface area contributed by atoms with Gasteiger partial charge in [-0.1, -0.05) is 24.6 Å². The topological polar surface area (TPSA) is 113 Å². The number of nitrogens with one attached hydrogen (secondary N) is 3. The predicted octanol–water partition coefficient (Wildman–Crippen LogP) is 2.13. The molecule has 3 amide bonds. The van der Waals surface area contributed by atoms with Gasteiger partial charge in [-0.05, 0) is 50.3 Å². The first-order valence-corrected chi connectivity index (χ1v) is 12.2. The molecule has 1 aromatic carbocycles. The van der Waals surface area contributed by atoms with E-state index < -0.39 is 0 Å². The summed E-state index contributed by atoms with van der Waals surface area (Å²) in [4.78, 5) is 42.6. The monoisotopic (exact) mass is 465 g/mol. The minimum absolute atomic E-state index is 0.0249. The van der Waals surface area contributed by atoms with Crippen LogP contribution >= 0.6 is 0 Å². The first kappa shape index (κ1) is 22.7. The minimum atomic E-state index is -0.379. The third-order valence-electron chi connectivity index (χ3n) is 6.97. The van der Waals surface area contributed by atoms with Gasteiger partial charge in [0.25, 0.3) is 0 Å². The van der Waals surface area contributed by atoms with Gasteiger partial charge in [-0.25, -0.2) is 4.98 Å². The van der Waals surface area contributed by atoms with E-state index in [4.69, 9.17) is 4.74 Å². The van der Waals surface area contributed by atoms with E-state index in [2.05, 4.69) is 20.9 Å². The first-order chi connectivity index (χ1) is 16.6. The number of nitrogens with zero attached hydrogens (tertiary/aromatic N) is 2. The van der Waals surface area contributed by atoms with Crippen LogP contribution in [0.3, 0.4) is 0 Å². The van der Waals surface area contributed by atoms with Crippen molar-refractivity contribution < 1.29 is 19.1 Å². The highest BCUT2D eigenvalue weighted by atomic mass is 16.5. The molecule has 3 aliphatic rings. The number of anilines is 1. The molecule has 0 bridgehead atoms. The van der Waals surface area contributed by atoms with Crippen LogP contribution in [-0.2, 0) is 19.1 Å². The highest BCUT2D eigenvalue weighted by Crippen LogP contribution is 2.32. The van der Waals surface area contributed by atoms with Crippen molar-refractivity contribution in [1.29, 1.82) is 0 Å². The maximum atomic E-state index is 12.7. The van der Waals surface area contributed by atoms with E-state index in [1.807, 2.05) is 36.4 Å². The zero-order valence-corrected chi connectivity index (χ0v) is 19.2. The lowest BCUT2D eigenvalue weighted by molar-refractivity contribution is -0.147. The number of aromatic nitrogens is 1. The van der Waals surface area contributed by atoms with E-state index >= 15 is 0 Å². The summed E-state index contributed by atoms with van der Waals surface area (Å²) in [7, 11) is 0. The third kappa shape index (κ3) is 5.05. The maximum Gasteiger partial charge on any atom is 0.242 e. The number of benzene rings is 1. The maximum absolute atomic E-state index is 12.7. The summed E-state index contributed by atoms with van der Waals surface area (Å²) in [6, 6.07) is 11.7. The lowest BCUT2D eigenvalue weighted by Gasteiger charge is -2.44. The highest BCUT2D eigenvalue weighted by Gasteiger charge is 2.47. The van der Waals surface area contributed by atoms with Crippen LogP contribution in [0.1, 0.15) is 44.9 Å². The fourth-order valence-corrected chi connectivity index (χ4v) is 5.19. The van der Waals surface area contributed by atoms with Crippen molar-refractivity contribution in [2.45, 2.75) is 63.4 Å². The molecule has 3 N–H and O–H groups in total. The fourth-order valence-electron chi connectivity index (χ4n) is 5.19. The van der Waals surface area contributed by atoms with Gasteiger partial charge in [0.2, 0.25) is 17.7 Å².